The molecule has 0 spiro atoms. The van der Waals surface area contributed by atoms with Gasteiger partial charge in [-0.3, -0.25) is 4.79 Å². The molecule has 2 nitrogen and oxygen atoms in total. The summed E-state index contributed by atoms with van der Waals surface area (Å²) in [6.45, 7) is 4.38. The molecular formula is C18H20ClNOS. The number of amides is 1. The molecule has 1 N–H and O–H groups in total. The predicted octanol–water partition coefficient (Wildman–Crippen LogP) is 5.58. The lowest BCUT2D eigenvalue weighted by molar-refractivity contribution is -0.113. The van der Waals surface area contributed by atoms with E-state index in [0.717, 1.165) is 17.0 Å². The summed E-state index contributed by atoms with van der Waals surface area (Å²) < 4.78 is 0. The summed E-state index contributed by atoms with van der Waals surface area (Å²) in [4.78, 5) is 13.0. The van der Waals surface area contributed by atoms with Crippen molar-refractivity contribution >= 4 is 35.0 Å². The molecule has 4 heteroatoms. The maximum Gasteiger partial charge on any atom is 0.234 e. The fourth-order valence-electron chi connectivity index (χ4n) is 2.01. The minimum atomic E-state index is -0.00348. The van der Waals surface area contributed by atoms with Gasteiger partial charge in [0.25, 0.3) is 0 Å². The maximum absolute atomic E-state index is 12.0. The van der Waals surface area contributed by atoms with Crippen LogP contribution in [0.25, 0.3) is 0 Å². The third kappa shape index (κ3) is 5.08. The average molecular weight is 334 g/mol. The molecule has 0 radical (unpaired) electrons. The zero-order chi connectivity index (χ0) is 15.9. The maximum atomic E-state index is 12.0. The molecule has 1 amide bonds. The Morgan fingerprint density at radius 2 is 1.77 bits per heavy atom. The number of benzene rings is 2. The molecule has 0 heterocycles. The minimum Gasteiger partial charge on any atom is -0.325 e. The van der Waals surface area contributed by atoms with Gasteiger partial charge >= 0.3 is 0 Å². The summed E-state index contributed by atoms with van der Waals surface area (Å²) >= 11 is 7.34. The molecule has 0 fully saturated rings. The van der Waals surface area contributed by atoms with Gasteiger partial charge in [0.15, 0.2) is 0 Å². The highest BCUT2D eigenvalue weighted by Gasteiger charge is 2.06. The van der Waals surface area contributed by atoms with Gasteiger partial charge in [0.1, 0.15) is 0 Å². The van der Waals surface area contributed by atoms with Crippen LogP contribution in [0.4, 0.5) is 5.69 Å². The van der Waals surface area contributed by atoms with Crippen LogP contribution in [0, 0.1) is 0 Å². The topological polar surface area (TPSA) is 29.1 Å². The first-order chi connectivity index (χ1) is 10.6. The van der Waals surface area contributed by atoms with E-state index in [1.54, 1.807) is 0 Å². The molecular weight excluding hydrogens is 314 g/mol. The van der Waals surface area contributed by atoms with E-state index >= 15 is 0 Å². The molecule has 0 unspecified atom stereocenters. The monoisotopic (exact) mass is 333 g/mol. The molecule has 2 aromatic rings. The normalized spacial score (nSPS) is 12.0. The van der Waals surface area contributed by atoms with Crippen molar-refractivity contribution in [2.45, 2.75) is 31.1 Å². The Bertz CT molecular complexity index is 610. The van der Waals surface area contributed by atoms with Gasteiger partial charge in [0, 0.05) is 15.6 Å². The molecule has 2 rings (SSSR count). The Kier molecular flexibility index (Phi) is 6.34. The number of carbonyl (C=O) groups excluding carboxylic acids is 1. The highest BCUT2D eigenvalue weighted by atomic mass is 35.5. The van der Waals surface area contributed by atoms with Crippen LogP contribution in [-0.4, -0.2) is 11.7 Å². The van der Waals surface area contributed by atoms with Crippen molar-refractivity contribution in [2.24, 2.45) is 0 Å². The molecule has 0 aliphatic rings. The molecule has 0 bridgehead atoms. The molecule has 0 aliphatic carbocycles. The second-order valence-electron chi connectivity index (χ2n) is 5.22. The number of halogens is 1. The van der Waals surface area contributed by atoms with Gasteiger partial charge in [-0.05, 0) is 54.3 Å². The predicted molar refractivity (Wildman–Crippen MR) is 96.0 cm³/mol. The fraction of sp³-hybridized carbons (Fsp3) is 0.278. The fourth-order valence-corrected chi connectivity index (χ4v) is 2.83. The highest BCUT2D eigenvalue weighted by molar-refractivity contribution is 8.00. The van der Waals surface area contributed by atoms with Gasteiger partial charge in [0.05, 0.1) is 5.75 Å². The lowest BCUT2D eigenvalue weighted by Gasteiger charge is -2.10. The van der Waals surface area contributed by atoms with E-state index in [9.17, 15) is 4.79 Å². The molecule has 116 valence electrons. The minimum absolute atomic E-state index is 0.00348. The van der Waals surface area contributed by atoms with E-state index in [1.165, 1.54) is 17.3 Å². The first kappa shape index (κ1) is 16.9. The van der Waals surface area contributed by atoms with Crippen molar-refractivity contribution in [3.05, 3.63) is 59.1 Å². The zero-order valence-electron chi connectivity index (χ0n) is 12.8. The lowest BCUT2D eigenvalue weighted by Crippen LogP contribution is -2.13. The number of nitrogens with one attached hydrogen (secondary N) is 1. The molecule has 2 aromatic carbocycles. The zero-order valence-corrected chi connectivity index (χ0v) is 14.4. The molecule has 0 saturated heterocycles. The van der Waals surface area contributed by atoms with Crippen LogP contribution in [0.2, 0.25) is 5.02 Å². The van der Waals surface area contributed by atoms with E-state index in [0.29, 0.717) is 16.7 Å². The van der Waals surface area contributed by atoms with Crippen molar-refractivity contribution in [2.75, 3.05) is 11.1 Å². The van der Waals surface area contributed by atoms with Gasteiger partial charge in [-0.25, -0.2) is 0 Å². The SMILES string of the molecule is CC[C@H](C)c1ccc(NC(=O)CSc2ccc(Cl)cc2)cc1. The van der Waals surface area contributed by atoms with Crippen LogP contribution in [0.3, 0.4) is 0 Å². The Morgan fingerprint density at radius 1 is 1.14 bits per heavy atom. The van der Waals surface area contributed by atoms with E-state index < -0.39 is 0 Å². The van der Waals surface area contributed by atoms with Crippen molar-refractivity contribution in [1.29, 1.82) is 0 Å². The van der Waals surface area contributed by atoms with Crippen LogP contribution in [-0.2, 0) is 4.79 Å². The third-order valence-corrected chi connectivity index (χ3v) is 4.82. The number of anilines is 1. The first-order valence-electron chi connectivity index (χ1n) is 7.36. The smallest absolute Gasteiger partial charge is 0.234 e. The van der Waals surface area contributed by atoms with Gasteiger partial charge in [-0.1, -0.05) is 37.6 Å². The van der Waals surface area contributed by atoms with Crippen molar-refractivity contribution < 1.29 is 4.79 Å². The van der Waals surface area contributed by atoms with Gasteiger partial charge in [-0.2, -0.15) is 0 Å². The summed E-state index contributed by atoms with van der Waals surface area (Å²) in [5.41, 5.74) is 2.14. The summed E-state index contributed by atoms with van der Waals surface area (Å²) in [5.74, 6) is 0.927. The lowest BCUT2D eigenvalue weighted by atomic mass is 9.99. The molecule has 0 aliphatic heterocycles. The first-order valence-corrected chi connectivity index (χ1v) is 8.73. The van der Waals surface area contributed by atoms with E-state index in [-0.39, 0.29) is 5.91 Å². The summed E-state index contributed by atoms with van der Waals surface area (Å²) in [6, 6.07) is 15.6. The second kappa shape index (κ2) is 8.25. The highest BCUT2D eigenvalue weighted by Crippen LogP contribution is 2.22. The van der Waals surface area contributed by atoms with Gasteiger partial charge < -0.3 is 5.32 Å². The number of hydrogen-bond donors (Lipinski definition) is 1. The van der Waals surface area contributed by atoms with Gasteiger partial charge in [0.2, 0.25) is 5.91 Å². The number of carbonyl (C=O) groups is 1. The Morgan fingerprint density at radius 3 is 2.36 bits per heavy atom. The largest absolute Gasteiger partial charge is 0.325 e. The van der Waals surface area contributed by atoms with Crippen molar-refractivity contribution in [3.8, 4) is 0 Å². The van der Waals surface area contributed by atoms with E-state index in [2.05, 4.69) is 31.3 Å². The van der Waals surface area contributed by atoms with Crippen LogP contribution in [0.5, 0.6) is 0 Å². The van der Waals surface area contributed by atoms with Crippen molar-refractivity contribution in [3.63, 3.8) is 0 Å². The number of thioether (sulfide) groups is 1. The molecule has 0 aromatic heterocycles. The molecule has 1 atom stereocenters. The number of rotatable bonds is 6. The van der Waals surface area contributed by atoms with E-state index in [4.69, 9.17) is 11.6 Å². The standard InChI is InChI=1S/C18H20ClNOS/c1-3-13(2)14-4-8-16(9-5-14)20-18(21)12-22-17-10-6-15(19)7-11-17/h4-11,13H,3,12H2,1-2H3,(H,20,21)/t13-/m0/s1. The Balaban J connectivity index is 1.85. The molecule has 0 saturated carbocycles. The molecule has 22 heavy (non-hydrogen) atoms. The Hall–Kier alpha value is -1.45. The third-order valence-electron chi connectivity index (χ3n) is 3.56. The Labute approximate surface area is 141 Å². The number of hydrogen-bond acceptors (Lipinski definition) is 2. The van der Waals surface area contributed by atoms with Crippen LogP contribution >= 0.6 is 23.4 Å². The summed E-state index contributed by atoms with van der Waals surface area (Å²) in [6.07, 6.45) is 1.11. The average Bonchev–Trinajstić information content (AvgIpc) is 2.54. The van der Waals surface area contributed by atoms with Crippen LogP contribution in [0.15, 0.2) is 53.4 Å². The van der Waals surface area contributed by atoms with E-state index in [1.807, 2.05) is 36.4 Å². The van der Waals surface area contributed by atoms with Crippen LogP contribution < -0.4 is 5.32 Å². The van der Waals surface area contributed by atoms with Crippen LogP contribution in [0.1, 0.15) is 31.7 Å². The summed E-state index contributed by atoms with van der Waals surface area (Å²) in [7, 11) is 0. The quantitative estimate of drug-likeness (QED) is 0.699. The summed E-state index contributed by atoms with van der Waals surface area (Å²) in [5, 5.41) is 3.63. The van der Waals surface area contributed by atoms with Crippen molar-refractivity contribution in [1.82, 2.24) is 0 Å². The second-order valence-corrected chi connectivity index (χ2v) is 6.71. The van der Waals surface area contributed by atoms with Gasteiger partial charge in [-0.15, -0.1) is 11.8 Å².